The number of carbonyl (C=O) groups excluding carboxylic acids is 1. The van der Waals surface area contributed by atoms with Gasteiger partial charge in [-0.15, -0.1) is 0 Å². The van der Waals surface area contributed by atoms with Gasteiger partial charge in [-0.05, 0) is 30.4 Å². The minimum absolute atomic E-state index is 0.0219. The number of hydrogen-bond donors (Lipinski definition) is 2. The Morgan fingerprint density at radius 3 is 2.43 bits per heavy atom. The maximum atomic E-state index is 12.7. The number of nitrogens with zero attached hydrogens (tertiary/aromatic N) is 1. The third kappa shape index (κ3) is 2.39. The van der Waals surface area contributed by atoms with Gasteiger partial charge >= 0.3 is 0 Å². The number of hydrogen-bond acceptors (Lipinski definition) is 2. The zero-order valence-corrected chi connectivity index (χ0v) is 11.9. The second kappa shape index (κ2) is 5.38. The highest BCUT2D eigenvalue weighted by atomic mass is 32.1. The number of H-pyrrole nitrogens is 1. The fourth-order valence-electron chi connectivity index (χ4n) is 2.28. The standard InChI is InChI=1S/C16H13N3OS/c17-16(21)19(15(20)11-6-2-1-3-7-11)14-10-18-13-9-5-4-8-12(13)14/h1-10,18H,(H2,17,21). The number of nitrogens with one attached hydrogen (secondary N) is 1. The number of para-hydroxylation sites is 1. The van der Waals surface area contributed by atoms with Crippen molar-refractivity contribution in [3.05, 3.63) is 66.4 Å². The van der Waals surface area contributed by atoms with Gasteiger partial charge < -0.3 is 10.7 Å². The molecule has 0 aliphatic carbocycles. The van der Waals surface area contributed by atoms with Crippen LogP contribution in [-0.2, 0) is 0 Å². The lowest BCUT2D eigenvalue weighted by Gasteiger charge is -2.20. The predicted molar refractivity (Wildman–Crippen MR) is 88.3 cm³/mol. The second-order valence-electron chi connectivity index (χ2n) is 4.56. The summed E-state index contributed by atoms with van der Waals surface area (Å²) in [6, 6.07) is 16.6. The first kappa shape index (κ1) is 13.3. The molecular weight excluding hydrogens is 282 g/mol. The summed E-state index contributed by atoms with van der Waals surface area (Å²) in [7, 11) is 0. The van der Waals surface area contributed by atoms with Gasteiger partial charge in [0, 0.05) is 22.7 Å². The van der Waals surface area contributed by atoms with Crippen molar-refractivity contribution >= 4 is 39.8 Å². The molecule has 4 nitrogen and oxygen atoms in total. The topological polar surface area (TPSA) is 62.1 Å². The van der Waals surface area contributed by atoms with Gasteiger partial charge in [0.15, 0.2) is 5.11 Å². The van der Waals surface area contributed by atoms with Crippen molar-refractivity contribution in [3.63, 3.8) is 0 Å². The van der Waals surface area contributed by atoms with Crippen LogP contribution in [0.1, 0.15) is 10.4 Å². The fourth-order valence-corrected chi connectivity index (χ4v) is 2.46. The molecule has 2 aromatic carbocycles. The van der Waals surface area contributed by atoms with E-state index < -0.39 is 0 Å². The first-order chi connectivity index (χ1) is 10.2. The largest absolute Gasteiger partial charge is 0.376 e. The molecule has 1 heterocycles. The van der Waals surface area contributed by atoms with Gasteiger partial charge in [-0.1, -0.05) is 36.4 Å². The summed E-state index contributed by atoms with van der Waals surface area (Å²) >= 11 is 5.07. The van der Waals surface area contributed by atoms with Gasteiger partial charge in [-0.3, -0.25) is 9.69 Å². The Morgan fingerprint density at radius 2 is 1.71 bits per heavy atom. The second-order valence-corrected chi connectivity index (χ2v) is 4.98. The molecule has 3 aromatic rings. The van der Waals surface area contributed by atoms with Crippen LogP contribution in [0.4, 0.5) is 5.69 Å². The molecule has 3 N–H and O–H groups in total. The van der Waals surface area contributed by atoms with E-state index in [-0.39, 0.29) is 11.0 Å². The summed E-state index contributed by atoms with van der Waals surface area (Å²) in [4.78, 5) is 17.1. The van der Waals surface area contributed by atoms with Crippen molar-refractivity contribution in [2.24, 2.45) is 5.73 Å². The summed E-state index contributed by atoms with van der Waals surface area (Å²) in [6.07, 6.45) is 1.74. The van der Waals surface area contributed by atoms with Crippen LogP contribution in [0.15, 0.2) is 60.8 Å². The third-order valence-corrected chi connectivity index (χ3v) is 3.44. The molecular formula is C16H13N3OS. The molecule has 0 atom stereocenters. The zero-order chi connectivity index (χ0) is 14.8. The number of rotatable bonds is 2. The lowest BCUT2D eigenvalue weighted by atomic mass is 10.1. The average Bonchev–Trinajstić information content (AvgIpc) is 2.92. The Kier molecular flexibility index (Phi) is 3.41. The normalized spacial score (nSPS) is 10.5. The van der Waals surface area contributed by atoms with Crippen LogP contribution in [0.2, 0.25) is 0 Å². The van der Waals surface area contributed by atoms with E-state index in [0.717, 1.165) is 10.9 Å². The van der Waals surface area contributed by atoms with E-state index in [9.17, 15) is 4.79 Å². The van der Waals surface area contributed by atoms with Crippen LogP contribution in [0.25, 0.3) is 10.9 Å². The molecule has 0 unspecified atom stereocenters. The van der Waals surface area contributed by atoms with Crippen LogP contribution in [-0.4, -0.2) is 16.0 Å². The third-order valence-electron chi connectivity index (χ3n) is 3.25. The highest BCUT2D eigenvalue weighted by molar-refractivity contribution is 7.80. The summed E-state index contributed by atoms with van der Waals surface area (Å²) in [5.74, 6) is -0.243. The Hall–Kier alpha value is -2.66. The van der Waals surface area contributed by atoms with Gasteiger partial charge in [-0.25, -0.2) is 0 Å². The molecule has 1 amide bonds. The van der Waals surface area contributed by atoms with E-state index in [1.807, 2.05) is 30.3 Å². The van der Waals surface area contributed by atoms with Crippen molar-refractivity contribution in [2.75, 3.05) is 4.90 Å². The number of carbonyl (C=O) groups is 1. The van der Waals surface area contributed by atoms with E-state index in [1.165, 1.54) is 4.90 Å². The van der Waals surface area contributed by atoms with Gasteiger partial charge in [-0.2, -0.15) is 0 Å². The molecule has 5 heteroatoms. The zero-order valence-electron chi connectivity index (χ0n) is 11.1. The molecule has 0 radical (unpaired) electrons. The Bertz CT molecular complexity index is 811. The molecule has 21 heavy (non-hydrogen) atoms. The van der Waals surface area contributed by atoms with Crippen molar-refractivity contribution < 1.29 is 4.79 Å². The van der Waals surface area contributed by atoms with E-state index in [0.29, 0.717) is 11.3 Å². The average molecular weight is 295 g/mol. The van der Waals surface area contributed by atoms with E-state index in [1.54, 1.807) is 30.5 Å². The number of fused-ring (bicyclic) bond motifs is 1. The number of amides is 1. The molecule has 0 spiro atoms. The van der Waals surface area contributed by atoms with Gasteiger partial charge in [0.25, 0.3) is 5.91 Å². The molecule has 0 saturated carbocycles. The highest BCUT2D eigenvalue weighted by Gasteiger charge is 2.22. The Balaban J connectivity index is 2.11. The van der Waals surface area contributed by atoms with Crippen LogP contribution < -0.4 is 10.6 Å². The van der Waals surface area contributed by atoms with Crippen LogP contribution in [0, 0.1) is 0 Å². The van der Waals surface area contributed by atoms with Crippen LogP contribution in [0.5, 0.6) is 0 Å². The molecule has 0 saturated heterocycles. The number of benzene rings is 2. The minimum Gasteiger partial charge on any atom is -0.376 e. The number of aromatic nitrogens is 1. The Morgan fingerprint density at radius 1 is 1.05 bits per heavy atom. The fraction of sp³-hybridized carbons (Fsp3) is 0. The minimum atomic E-state index is -0.243. The molecule has 1 aromatic heterocycles. The van der Waals surface area contributed by atoms with E-state index in [2.05, 4.69) is 4.98 Å². The first-order valence-electron chi connectivity index (χ1n) is 6.43. The van der Waals surface area contributed by atoms with E-state index >= 15 is 0 Å². The smallest absolute Gasteiger partial charge is 0.264 e. The summed E-state index contributed by atoms with van der Waals surface area (Å²) < 4.78 is 0. The lowest BCUT2D eigenvalue weighted by Crippen LogP contribution is -2.40. The molecule has 0 aliphatic heterocycles. The quantitative estimate of drug-likeness (QED) is 0.714. The van der Waals surface area contributed by atoms with Gasteiger partial charge in [0.05, 0.1) is 5.69 Å². The monoisotopic (exact) mass is 295 g/mol. The molecule has 0 bridgehead atoms. The summed E-state index contributed by atoms with van der Waals surface area (Å²) in [5, 5.41) is 0.920. The van der Waals surface area contributed by atoms with Crippen LogP contribution in [0.3, 0.4) is 0 Å². The van der Waals surface area contributed by atoms with Crippen molar-refractivity contribution in [1.82, 2.24) is 4.98 Å². The van der Waals surface area contributed by atoms with Crippen molar-refractivity contribution in [1.29, 1.82) is 0 Å². The van der Waals surface area contributed by atoms with Gasteiger partial charge in [0.1, 0.15) is 0 Å². The summed E-state index contributed by atoms with van der Waals surface area (Å²) in [5.41, 5.74) is 7.90. The molecule has 0 aliphatic rings. The molecule has 3 rings (SSSR count). The maximum Gasteiger partial charge on any atom is 0.264 e. The lowest BCUT2D eigenvalue weighted by molar-refractivity contribution is 0.100. The number of thiocarbonyl (C=S) groups is 1. The SMILES string of the molecule is NC(=S)N(C(=O)c1ccccc1)c1c[nH]c2ccccc12. The molecule has 0 fully saturated rings. The predicted octanol–water partition coefficient (Wildman–Crippen LogP) is 3.06. The highest BCUT2D eigenvalue weighted by Crippen LogP contribution is 2.27. The van der Waals surface area contributed by atoms with Gasteiger partial charge in [0.2, 0.25) is 0 Å². The van der Waals surface area contributed by atoms with Crippen molar-refractivity contribution in [3.8, 4) is 0 Å². The summed E-state index contributed by atoms with van der Waals surface area (Å²) in [6.45, 7) is 0. The first-order valence-corrected chi connectivity index (χ1v) is 6.84. The number of nitrogens with two attached hydrogens (primary N) is 1. The number of aromatic amines is 1. The van der Waals surface area contributed by atoms with Crippen molar-refractivity contribution in [2.45, 2.75) is 0 Å². The molecule has 104 valence electrons. The maximum absolute atomic E-state index is 12.7. The Labute approximate surface area is 127 Å². The number of anilines is 1. The van der Waals surface area contributed by atoms with Crippen LogP contribution >= 0.6 is 12.2 Å². The van der Waals surface area contributed by atoms with E-state index in [4.69, 9.17) is 18.0 Å².